The second kappa shape index (κ2) is 4.23. The van der Waals surface area contributed by atoms with Crippen LogP contribution in [0.5, 0.6) is 0 Å². The molecule has 0 saturated carbocycles. The molecule has 1 aromatic carbocycles. The van der Waals surface area contributed by atoms with Crippen LogP contribution in [0.2, 0.25) is 0 Å². The molecule has 1 N–H and O–H groups in total. The Kier molecular flexibility index (Phi) is 2.96. The van der Waals surface area contributed by atoms with E-state index in [1.54, 1.807) is 0 Å². The van der Waals surface area contributed by atoms with E-state index in [0.29, 0.717) is 6.04 Å². The summed E-state index contributed by atoms with van der Waals surface area (Å²) in [7, 11) is 0. The molecule has 0 aromatic heterocycles. The van der Waals surface area contributed by atoms with Gasteiger partial charge in [-0.3, -0.25) is 0 Å². The second-order valence-corrected chi connectivity index (χ2v) is 4.32. The number of hydrogen-bond acceptors (Lipinski definition) is 2. The van der Waals surface area contributed by atoms with Crippen molar-refractivity contribution >= 4 is 5.69 Å². The predicted molar refractivity (Wildman–Crippen MR) is 63.2 cm³/mol. The zero-order valence-electron chi connectivity index (χ0n) is 9.71. The van der Waals surface area contributed by atoms with Crippen LogP contribution in [-0.4, -0.2) is 12.6 Å². The summed E-state index contributed by atoms with van der Waals surface area (Å²) in [5, 5.41) is 3.50. The molecule has 2 nitrogen and oxygen atoms in total. The standard InChI is InChI=1S/C13H19NO/c1-4-15-13-8-10(3)14-12-6-5-9(2)7-11(12)13/h5-7,10,13-14H,4,8H2,1-3H3/t10-,13-/m0/s1. The van der Waals surface area contributed by atoms with E-state index in [1.165, 1.54) is 16.8 Å². The first-order valence-electron chi connectivity index (χ1n) is 5.69. The van der Waals surface area contributed by atoms with Crippen molar-refractivity contribution in [2.45, 2.75) is 39.3 Å². The van der Waals surface area contributed by atoms with Crippen LogP contribution in [0.25, 0.3) is 0 Å². The summed E-state index contributed by atoms with van der Waals surface area (Å²) in [6.45, 7) is 7.17. The highest BCUT2D eigenvalue weighted by molar-refractivity contribution is 5.56. The van der Waals surface area contributed by atoms with Crippen LogP contribution in [0, 0.1) is 6.92 Å². The Hall–Kier alpha value is -1.02. The van der Waals surface area contributed by atoms with Crippen molar-refractivity contribution in [3.8, 4) is 0 Å². The predicted octanol–water partition coefficient (Wildman–Crippen LogP) is 3.28. The van der Waals surface area contributed by atoms with Gasteiger partial charge in [0.05, 0.1) is 6.10 Å². The first-order chi connectivity index (χ1) is 7.20. The van der Waals surface area contributed by atoms with E-state index in [0.717, 1.165) is 13.0 Å². The number of aryl methyl sites for hydroxylation is 1. The third-order valence-electron chi connectivity index (χ3n) is 2.89. The molecule has 0 bridgehead atoms. The Morgan fingerprint density at radius 2 is 2.27 bits per heavy atom. The monoisotopic (exact) mass is 205 g/mol. The normalized spacial score (nSPS) is 24.5. The molecule has 82 valence electrons. The van der Waals surface area contributed by atoms with Gasteiger partial charge in [0.1, 0.15) is 0 Å². The Labute approximate surface area is 91.6 Å². The molecule has 1 aliphatic rings. The summed E-state index contributed by atoms with van der Waals surface area (Å²) in [6.07, 6.45) is 1.32. The van der Waals surface area contributed by atoms with Gasteiger partial charge in [0.2, 0.25) is 0 Å². The fraction of sp³-hybridized carbons (Fsp3) is 0.538. The topological polar surface area (TPSA) is 21.3 Å². The molecule has 15 heavy (non-hydrogen) atoms. The van der Waals surface area contributed by atoms with Gasteiger partial charge in [-0.15, -0.1) is 0 Å². The molecule has 0 unspecified atom stereocenters. The molecule has 1 aliphatic heterocycles. The van der Waals surface area contributed by atoms with Crippen molar-refractivity contribution in [2.24, 2.45) is 0 Å². The lowest BCUT2D eigenvalue weighted by atomic mass is 9.94. The molecule has 2 rings (SSSR count). The summed E-state index contributed by atoms with van der Waals surface area (Å²) < 4.78 is 5.79. The van der Waals surface area contributed by atoms with Crippen LogP contribution >= 0.6 is 0 Å². The molecule has 0 amide bonds. The number of hydrogen-bond donors (Lipinski definition) is 1. The third kappa shape index (κ3) is 2.15. The van der Waals surface area contributed by atoms with Crippen molar-refractivity contribution < 1.29 is 4.74 Å². The van der Waals surface area contributed by atoms with E-state index in [2.05, 4.69) is 44.3 Å². The summed E-state index contributed by atoms with van der Waals surface area (Å²) in [5.41, 5.74) is 3.85. The molecule has 2 atom stereocenters. The van der Waals surface area contributed by atoms with E-state index in [4.69, 9.17) is 4.74 Å². The van der Waals surface area contributed by atoms with Crippen molar-refractivity contribution in [1.29, 1.82) is 0 Å². The maximum atomic E-state index is 5.79. The van der Waals surface area contributed by atoms with Crippen LogP contribution in [0.4, 0.5) is 5.69 Å². The Balaban J connectivity index is 2.34. The molecule has 1 heterocycles. The smallest absolute Gasteiger partial charge is 0.0864 e. The molecule has 0 fully saturated rings. The van der Waals surface area contributed by atoms with Crippen LogP contribution < -0.4 is 5.32 Å². The van der Waals surface area contributed by atoms with Gasteiger partial charge in [-0.2, -0.15) is 0 Å². The third-order valence-corrected chi connectivity index (χ3v) is 2.89. The van der Waals surface area contributed by atoms with Gasteiger partial charge in [0.15, 0.2) is 0 Å². The van der Waals surface area contributed by atoms with Gasteiger partial charge in [0, 0.05) is 23.9 Å². The molecular weight excluding hydrogens is 186 g/mol. The van der Waals surface area contributed by atoms with Crippen molar-refractivity contribution in [2.75, 3.05) is 11.9 Å². The minimum Gasteiger partial charge on any atom is -0.382 e. The fourth-order valence-corrected chi connectivity index (χ4v) is 2.21. The lowest BCUT2D eigenvalue weighted by Gasteiger charge is -2.31. The average Bonchev–Trinajstić information content (AvgIpc) is 2.19. The van der Waals surface area contributed by atoms with Crippen LogP contribution in [0.15, 0.2) is 18.2 Å². The highest BCUT2D eigenvalue weighted by Gasteiger charge is 2.24. The maximum Gasteiger partial charge on any atom is 0.0864 e. The quantitative estimate of drug-likeness (QED) is 0.800. The van der Waals surface area contributed by atoms with Gasteiger partial charge in [-0.05, 0) is 33.3 Å². The van der Waals surface area contributed by atoms with Gasteiger partial charge in [0.25, 0.3) is 0 Å². The Bertz CT molecular complexity index is 348. The number of benzene rings is 1. The van der Waals surface area contributed by atoms with Gasteiger partial charge < -0.3 is 10.1 Å². The zero-order chi connectivity index (χ0) is 10.8. The van der Waals surface area contributed by atoms with Gasteiger partial charge in [-0.25, -0.2) is 0 Å². The lowest BCUT2D eigenvalue weighted by molar-refractivity contribution is 0.0512. The molecule has 0 saturated heterocycles. The zero-order valence-corrected chi connectivity index (χ0v) is 9.71. The molecule has 0 radical (unpaired) electrons. The number of rotatable bonds is 2. The number of anilines is 1. The van der Waals surface area contributed by atoms with Gasteiger partial charge in [-0.1, -0.05) is 17.7 Å². The van der Waals surface area contributed by atoms with E-state index >= 15 is 0 Å². The van der Waals surface area contributed by atoms with E-state index < -0.39 is 0 Å². The second-order valence-electron chi connectivity index (χ2n) is 4.32. The first kappa shape index (κ1) is 10.5. The summed E-state index contributed by atoms with van der Waals surface area (Å²) >= 11 is 0. The van der Waals surface area contributed by atoms with Gasteiger partial charge >= 0.3 is 0 Å². The highest BCUT2D eigenvalue weighted by atomic mass is 16.5. The lowest BCUT2D eigenvalue weighted by Crippen LogP contribution is -2.26. The maximum absolute atomic E-state index is 5.79. The first-order valence-corrected chi connectivity index (χ1v) is 5.69. The fourth-order valence-electron chi connectivity index (χ4n) is 2.21. The molecule has 1 aromatic rings. The summed E-state index contributed by atoms with van der Waals surface area (Å²) in [5.74, 6) is 0. The largest absolute Gasteiger partial charge is 0.382 e. The minimum atomic E-state index is 0.265. The summed E-state index contributed by atoms with van der Waals surface area (Å²) in [4.78, 5) is 0. The number of fused-ring (bicyclic) bond motifs is 1. The number of nitrogens with one attached hydrogen (secondary N) is 1. The number of ether oxygens (including phenoxy) is 1. The average molecular weight is 205 g/mol. The SMILES string of the molecule is CCO[C@H]1C[C@H](C)Nc2ccc(C)cc21. The highest BCUT2D eigenvalue weighted by Crippen LogP contribution is 2.35. The van der Waals surface area contributed by atoms with Crippen LogP contribution in [0.1, 0.15) is 37.5 Å². The van der Waals surface area contributed by atoms with E-state index in [-0.39, 0.29) is 6.10 Å². The Morgan fingerprint density at radius 1 is 1.47 bits per heavy atom. The van der Waals surface area contributed by atoms with Crippen LogP contribution in [-0.2, 0) is 4.74 Å². The van der Waals surface area contributed by atoms with E-state index in [1.807, 2.05) is 0 Å². The summed E-state index contributed by atoms with van der Waals surface area (Å²) in [6, 6.07) is 7.03. The van der Waals surface area contributed by atoms with Crippen molar-refractivity contribution in [1.82, 2.24) is 0 Å². The minimum absolute atomic E-state index is 0.265. The molecule has 0 aliphatic carbocycles. The Morgan fingerprint density at radius 3 is 3.00 bits per heavy atom. The van der Waals surface area contributed by atoms with Crippen molar-refractivity contribution in [3.05, 3.63) is 29.3 Å². The van der Waals surface area contributed by atoms with E-state index in [9.17, 15) is 0 Å². The van der Waals surface area contributed by atoms with Crippen molar-refractivity contribution in [3.63, 3.8) is 0 Å². The molecule has 2 heteroatoms. The molecular formula is C13H19NO. The van der Waals surface area contributed by atoms with Crippen LogP contribution in [0.3, 0.4) is 0 Å². The molecule has 0 spiro atoms.